The number of Topliss-reactive ketones (excluding diaryl/α,β-unsaturated/α-hetero) is 1. The second-order valence-corrected chi connectivity index (χ2v) is 10.7. The molecule has 0 aliphatic rings. The van der Waals surface area contributed by atoms with Crippen LogP contribution in [-0.2, 0) is 6.42 Å². The van der Waals surface area contributed by atoms with Crippen LogP contribution in [0.15, 0.2) is 83.7 Å². The van der Waals surface area contributed by atoms with E-state index in [4.69, 9.17) is 4.42 Å². The SMILES string of the molecule is C[C@H](CCCCc1ccoc1)[Se][C@H](CC(=O)c1ccccc1)c1ccccc1. The van der Waals surface area contributed by atoms with Crippen LogP contribution in [0.25, 0.3) is 0 Å². The second-order valence-electron chi connectivity index (χ2n) is 7.22. The molecule has 0 saturated carbocycles. The topological polar surface area (TPSA) is 30.2 Å². The van der Waals surface area contributed by atoms with Crippen LogP contribution in [0, 0.1) is 0 Å². The summed E-state index contributed by atoms with van der Waals surface area (Å²) >= 11 is 0.390. The van der Waals surface area contributed by atoms with Gasteiger partial charge in [-0.3, -0.25) is 0 Å². The molecule has 3 heteroatoms. The third-order valence-electron chi connectivity index (χ3n) is 4.94. The summed E-state index contributed by atoms with van der Waals surface area (Å²) < 4.78 is 5.14. The van der Waals surface area contributed by atoms with Crippen molar-refractivity contribution in [2.24, 2.45) is 0 Å². The van der Waals surface area contributed by atoms with Crippen LogP contribution in [0.2, 0.25) is 4.82 Å². The minimum atomic E-state index is 0.253. The molecule has 28 heavy (non-hydrogen) atoms. The third-order valence-corrected chi connectivity index (χ3v) is 8.02. The van der Waals surface area contributed by atoms with Gasteiger partial charge in [0.1, 0.15) is 0 Å². The van der Waals surface area contributed by atoms with Crippen LogP contribution in [0.5, 0.6) is 0 Å². The number of aryl methyl sites for hydroxylation is 1. The maximum atomic E-state index is 12.8. The standard InChI is InChI=1S/C25H28O2Se/c1-20(10-8-9-11-21-16-17-27-19-21)28-25(23-14-6-3-7-15-23)18-24(26)22-12-4-2-5-13-22/h2-7,12-17,19-20,25H,8-11,18H2,1H3/t20-,25-/m1/s1. The Hall–Kier alpha value is -2.09. The number of carbonyl (C=O) groups excluding carboxylic acids is 1. The van der Waals surface area contributed by atoms with Gasteiger partial charge < -0.3 is 0 Å². The van der Waals surface area contributed by atoms with Crippen LogP contribution in [-0.4, -0.2) is 20.7 Å². The van der Waals surface area contributed by atoms with Crippen LogP contribution in [0.3, 0.4) is 0 Å². The Kier molecular flexibility index (Phi) is 8.14. The van der Waals surface area contributed by atoms with E-state index in [-0.39, 0.29) is 5.78 Å². The van der Waals surface area contributed by atoms with Gasteiger partial charge in [0.05, 0.1) is 0 Å². The van der Waals surface area contributed by atoms with E-state index in [0.717, 1.165) is 12.0 Å². The van der Waals surface area contributed by atoms with Gasteiger partial charge >= 0.3 is 175 Å². The molecule has 0 radical (unpaired) electrons. The Labute approximate surface area is 174 Å². The van der Waals surface area contributed by atoms with Crippen molar-refractivity contribution in [1.82, 2.24) is 0 Å². The molecule has 0 fully saturated rings. The first-order valence-electron chi connectivity index (χ1n) is 10.0. The molecule has 1 heterocycles. The van der Waals surface area contributed by atoms with Gasteiger partial charge in [0.2, 0.25) is 0 Å². The van der Waals surface area contributed by atoms with Crippen LogP contribution in [0.4, 0.5) is 0 Å². The van der Waals surface area contributed by atoms with Crippen molar-refractivity contribution in [3.63, 3.8) is 0 Å². The minimum absolute atomic E-state index is 0.253. The molecule has 146 valence electrons. The number of hydrogen-bond acceptors (Lipinski definition) is 2. The Bertz CT molecular complexity index is 812. The number of furan rings is 1. The fourth-order valence-corrected chi connectivity index (χ4v) is 6.36. The van der Waals surface area contributed by atoms with Gasteiger partial charge in [-0.1, -0.05) is 0 Å². The molecule has 0 spiro atoms. The fraction of sp³-hybridized carbons (Fsp3) is 0.320. The summed E-state index contributed by atoms with van der Waals surface area (Å²) in [5.41, 5.74) is 3.41. The van der Waals surface area contributed by atoms with E-state index in [1.807, 2.05) is 48.7 Å². The first-order valence-corrected chi connectivity index (χ1v) is 12.0. The van der Waals surface area contributed by atoms with E-state index < -0.39 is 0 Å². The molecule has 0 N–H and O–H groups in total. The molecule has 1 aromatic heterocycles. The van der Waals surface area contributed by atoms with Gasteiger partial charge in [0.25, 0.3) is 0 Å². The molecule has 2 nitrogen and oxygen atoms in total. The molecular weight excluding hydrogens is 411 g/mol. The summed E-state index contributed by atoms with van der Waals surface area (Å²) in [5.74, 6) is 0.253. The quantitative estimate of drug-likeness (QED) is 0.193. The van der Waals surface area contributed by atoms with Crippen LogP contribution >= 0.6 is 0 Å². The molecule has 0 bridgehead atoms. The first-order chi connectivity index (χ1) is 13.7. The molecule has 0 unspecified atom stereocenters. The van der Waals surface area contributed by atoms with Crippen LogP contribution < -0.4 is 0 Å². The molecule has 3 rings (SSSR count). The second kappa shape index (κ2) is 11.0. The first kappa shape index (κ1) is 20.6. The summed E-state index contributed by atoms with van der Waals surface area (Å²) in [6.07, 6.45) is 8.92. The van der Waals surface area contributed by atoms with E-state index in [1.54, 1.807) is 6.26 Å². The zero-order chi connectivity index (χ0) is 19.6. The van der Waals surface area contributed by atoms with Crippen molar-refractivity contribution in [1.29, 1.82) is 0 Å². The summed E-state index contributed by atoms with van der Waals surface area (Å²) in [6.45, 7) is 2.35. The molecular formula is C25H28O2Se. The Morgan fingerprint density at radius 3 is 2.36 bits per heavy atom. The van der Waals surface area contributed by atoms with Crippen LogP contribution in [0.1, 0.15) is 58.9 Å². The number of unbranched alkanes of at least 4 members (excludes halogenated alkanes) is 1. The number of hydrogen-bond donors (Lipinski definition) is 0. The van der Waals surface area contributed by atoms with Gasteiger partial charge in [0.15, 0.2) is 0 Å². The zero-order valence-electron chi connectivity index (χ0n) is 16.4. The van der Waals surface area contributed by atoms with Crippen molar-refractivity contribution in [2.75, 3.05) is 0 Å². The molecule has 0 aliphatic heterocycles. The number of ketones is 1. The van der Waals surface area contributed by atoms with Gasteiger partial charge in [-0.25, -0.2) is 0 Å². The fourth-order valence-electron chi connectivity index (χ4n) is 3.37. The summed E-state index contributed by atoms with van der Waals surface area (Å²) in [7, 11) is 0. The average molecular weight is 439 g/mol. The van der Waals surface area contributed by atoms with Crippen molar-refractivity contribution >= 4 is 20.7 Å². The van der Waals surface area contributed by atoms with E-state index >= 15 is 0 Å². The summed E-state index contributed by atoms with van der Waals surface area (Å²) in [5, 5.41) is 0. The normalized spacial score (nSPS) is 13.2. The molecule has 2 atom stereocenters. The van der Waals surface area contributed by atoms with E-state index in [0.29, 0.717) is 31.0 Å². The van der Waals surface area contributed by atoms with Gasteiger partial charge in [-0.05, 0) is 0 Å². The number of rotatable bonds is 11. The van der Waals surface area contributed by atoms with Crippen molar-refractivity contribution < 1.29 is 9.21 Å². The van der Waals surface area contributed by atoms with E-state index in [1.165, 1.54) is 30.4 Å². The summed E-state index contributed by atoms with van der Waals surface area (Å²) in [4.78, 5) is 13.8. The van der Waals surface area contributed by atoms with Gasteiger partial charge in [-0.15, -0.1) is 0 Å². The van der Waals surface area contributed by atoms with Crippen molar-refractivity contribution in [3.05, 3.63) is 95.9 Å². The Morgan fingerprint density at radius 1 is 0.964 bits per heavy atom. The predicted octanol–water partition coefficient (Wildman–Crippen LogP) is 6.52. The Balaban J connectivity index is 1.55. The third kappa shape index (κ3) is 6.51. The molecule has 0 saturated heterocycles. The van der Waals surface area contributed by atoms with E-state index in [2.05, 4.69) is 31.2 Å². The number of carbonyl (C=O) groups is 1. The predicted molar refractivity (Wildman–Crippen MR) is 116 cm³/mol. The van der Waals surface area contributed by atoms with E-state index in [9.17, 15) is 4.79 Å². The van der Waals surface area contributed by atoms with Crippen molar-refractivity contribution in [2.45, 2.75) is 48.7 Å². The molecule has 0 aliphatic carbocycles. The Morgan fingerprint density at radius 2 is 1.68 bits per heavy atom. The summed E-state index contributed by atoms with van der Waals surface area (Å²) in [6, 6.07) is 22.3. The molecule has 3 aromatic rings. The number of benzene rings is 2. The zero-order valence-corrected chi connectivity index (χ0v) is 18.1. The van der Waals surface area contributed by atoms with Crippen molar-refractivity contribution in [3.8, 4) is 0 Å². The average Bonchev–Trinajstić information content (AvgIpc) is 3.25. The maximum absolute atomic E-state index is 12.8. The van der Waals surface area contributed by atoms with Gasteiger partial charge in [0, 0.05) is 0 Å². The molecule has 0 amide bonds. The monoisotopic (exact) mass is 440 g/mol. The molecule has 2 aromatic carbocycles. The van der Waals surface area contributed by atoms with Gasteiger partial charge in [-0.2, -0.15) is 0 Å².